The first kappa shape index (κ1) is 13.3. The lowest BCUT2D eigenvalue weighted by molar-refractivity contribution is 0.217. The Morgan fingerprint density at radius 3 is 2.81 bits per heavy atom. The second-order valence-electron chi connectivity index (χ2n) is 3.53. The van der Waals surface area contributed by atoms with Crippen LogP contribution in [0.2, 0.25) is 5.02 Å². The molecule has 0 radical (unpaired) electrons. The van der Waals surface area contributed by atoms with Crippen molar-refractivity contribution in [1.82, 2.24) is 15.5 Å². The first-order valence-electron chi connectivity index (χ1n) is 4.98. The molecule has 0 unspecified atom stereocenters. The quantitative estimate of drug-likeness (QED) is 0.794. The highest BCUT2D eigenvalue weighted by atomic mass is 35.5. The fourth-order valence-corrected chi connectivity index (χ4v) is 2.12. The third-order valence-corrected chi connectivity index (χ3v) is 3.19. The molecule has 90 valence electrons. The van der Waals surface area contributed by atoms with E-state index in [1.807, 2.05) is 11.4 Å². The maximum absolute atomic E-state index is 11.2. The number of thiophene rings is 1. The number of hydrogen-bond donors (Lipinski definition) is 2. The van der Waals surface area contributed by atoms with Gasteiger partial charge in [-0.05, 0) is 6.07 Å². The first-order valence-corrected chi connectivity index (χ1v) is 6.24. The van der Waals surface area contributed by atoms with Crippen molar-refractivity contribution in [2.75, 3.05) is 27.2 Å². The molecule has 0 aliphatic heterocycles. The minimum absolute atomic E-state index is 0.0685. The smallest absolute Gasteiger partial charge is 0.316 e. The van der Waals surface area contributed by atoms with Crippen LogP contribution >= 0.6 is 22.9 Å². The third-order valence-electron chi connectivity index (χ3n) is 1.91. The highest BCUT2D eigenvalue weighted by Crippen LogP contribution is 2.18. The molecule has 0 aliphatic rings. The number of nitrogens with zero attached hydrogens (tertiary/aromatic N) is 1. The van der Waals surface area contributed by atoms with Gasteiger partial charge in [-0.25, -0.2) is 4.79 Å². The van der Waals surface area contributed by atoms with Crippen molar-refractivity contribution < 1.29 is 4.79 Å². The van der Waals surface area contributed by atoms with E-state index in [4.69, 9.17) is 11.6 Å². The molecule has 0 aromatic carbocycles. The average molecular weight is 262 g/mol. The third kappa shape index (κ3) is 4.83. The molecule has 1 aromatic heterocycles. The van der Waals surface area contributed by atoms with Gasteiger partial charge in [0.15, 0.2) is 0 Å². The molecule has 1 rings (SSSR count). The molecule has 0 saturated heterocycles. The summed E-state index contributed by atoms with van der Waals surface area (Å²) >= 11 is 7.43. The Labute approximate surface area is 105 Å². The van der Waals surface area contributed by atoms with Crippen LogP contribution < -0.4 is 10.6 Å². The van der Waals surface area contributed by atoms with Gasteiger partial charge in [0, 0.05) is 44.0 Å². The average Bonchev–Trinajstić information content (AvgIpc) is 2.63. The van der Waals surface area contributed by atoms with Crippen molar-refractivity contribution >= 4 is 29.0 Å². The van der Waals surface area contributed by atoms with E-state index in [9.17, 15) is 4.79 Å². The molecular weight excluding hydrogens is 246 g/mol. The molecule has 2 N–H and O–H groups in total. The predicted octanol–water partition coefficient (Wildman–Crippen LogP) is 1.76. The second-order valence-corrected chi connectivity index (χ2v) is 4.97. The van der Waals surface area contributed by atoms with Crippen LogP contribution in [0.25, 0.3) is 0 Å². The molecular formula is C10H16ClN3OS. The van der Waals surface area contributed by atoms with Gasteiger partial charge in [0.2, 0.25) is 0 Å². The zero-order chi connectivity index (χ0) is 12.0. The topological polar surface area (TPSA) is 44.4 Å². The zero-order valence-corrected chi connectivity index (χ0v) is 11.0. The number of nitrogens with one attached hydrogen (secondary N) is 2. The number of urea groups is 1. The fourth-order valence-electron chi connectivity index (χ4n) is 1.07. The summed E-state index contributed by atoms with van der Waals surface area (Å²) in [5.74, 6) is 0. The Morgan fingerprint density at radius 1 is 1.50 bits per heavy atom. The maximum Gasteiger partial charge on any atom is 0.316 e. The minimum Gasteiger partial charge on any atom is -0.337 e. The SMILES string of the molecule is CN(C)C(=O)NCCNCc1cc(Cl)cs1. The van der Waals surface area contributed by atoms with E-state index in [-0.39, 0.29) is 6.03 Å². The van der Waals surface area contributed by atoms with Crippen LogP contribution in [0.5, 0.6) is 0 Å². The highest BCUT2D eigenvalue weighted by Gasteiger charge is 2.01. The van der Waals surface area contributed by atoms with Gasteiger partial charge in [0.1, 0.15) is 0 Å². The van der Waals surface area contributed by atoms with Gasteiger partial charge >= 0.3 is 6.03 Å². The minimum atomic E-state index is -0.0685. The number of carbonyl (C=O) groups excluding carboxylic acids is 1. The van der Waals surface area contributed by atoms with Gasteiger partial charge in [-0.3, -0.25) is 0 Å². The normalized spacial score (nSPS) is 10.2. The summed E-state index contributed by atoms with van der Waals surface area (Å²) in [7, 11) is 3.44. The molecule has 0 saturated carbocycles. The molecule has 0 fully saturated rings. The molecule has 6 heteroatoms. The number of halogens is 1. The summed E-state index contributed by atoms with van der Waals surface area (Å²) in [5, 5.41) is 8.69. The van der Waals surface area contributed by atoms with Gasteiger partial charge in [-0.15, -0.1) is 11.3 Å². The van der Waals surface area contributed by atoms with Gasteiger partial charge in [-0.2, -0.15) is 0 Å². The zero-order valence-electron chi connectivity index (χ0n) is 9.42. The van der Waals surface area contributed by atoms with Crippen molar-refractivity contribution in [3.8, 4) is 0 Å². The fraction of sp³-hybridized carbons (Fsp3) is 0.500. The molecule has 1 aromatic rings. The van der Waals surface area contributed by atoms with Gasteiger partial charge in [0.25, 0.3) is 0 Å². The number of hydrogen-bond acceptors (Lipinski definition) is 3. The lowest BCUT2D eigenvalue weighted by Gasteiger charge is -2.11. The van der Waals surface area contributed by atoms with E-state index in [0.29, 0.717) is 6.54 Å². The van der Waals surface area contributed by atoms with Gasteiger partial charge < -0.3 is 15.5 Å². The van der Waals surface area contributed by atoms with Crippen molar-refractivity contribution in [3.63, 3.8) is 0 Å². The van der Waals surface area contributed by atoms with E-state index < -0.39 is 0 Å². The summed E-state index contributed by atoms with van der Waals surface area (Å²) in [6.07, 6.45) is 0. The molecule has 0 spiro atoms. The molecule has 0 aliphatic carbocycles. The Kier molecular flexibility index (Phi) is 5.59. The van der Waals surface area contributed by atoms with E-state index in [2.05, 4.69) is 10.6 Å². The van der Waals surface area contributed by atoms with Crippen LogP contribution in [-0.4, -0.2) is 38.1 Å². The lowest BCUT2D eigenvalue weighted by atomic mass is 10.4. The Hall–Kier alpha value is -0.780. The van der Waals surface area contributed by atoms with E-state index in [1.165, 1.54) is 9.78 Å². The summed E-state index contributed by atoms with van der Waals surface area (Å²) in [5.41, 5.74) is 0. The molecule has 1 heterocycles. The summed E-state index contributed by atoms with van der Waals surface area (Å²) < 4.78 is 0. The lowest BCUT2D eigenvalue weighted by Crippen LogP contribution is -2.38. The summed E-state index contributed by atoms with van der Waals surface area (Å²) in [6.45, 7) is 2.15. The highest BCUT2D eigenvalue weighted by molar-refractivity contribution is 7.10. The Morgan fingerprint density at radius 2 is 2.25 bits per heavy atom. The van der Waals surface area contributed by atoms with E-state index >= 15 is 0 Å². The van der Waals surface area contributed by atoms with Crippen LogP contribution in [0.1, 0.15) is 4.88 Å². The van der Waals surface area contributed by atoms with Gasteiger partial charge in [-0.1, -0.05) is 11.6 Å². The largest absolute Gasteiger partial charge is 0.337 e. The molecule has 0 bridgehead atoms. The summed E-state index contributed by atoms with van der Waals surface area (Å²) in [4.78, 5) is 13.9. The van der Waals surface area contributed by atoms with Crippen LogP contribution in [0.15, 0.2) is 11.4 Å². The maximum atomic E-state index is 11.2. The molecule has 16 heavy (non-hydrogen) atoms. The Bertz CT molecular complexity index is 341. The molecule has 2 amide bonds. The first-order chi connectivity index (χ1) is 7.59. The molecule has 0 atom stereocenters. The predicted molar refractivity (Wildman–Crippen MR) is 68.1 cm³/mol. The standard InChI is InChI=1S/C10H16ClN3OS/c1-14(2)10(15)13-4-3-12-6-9-5-8(11)7-16-9/h5,7,12H,3-4,6H2,1-2H3,(H,13,15). The van der Waals surface area contributed by atoms with Crippen molar-refractivity contribution in [2.24, 2.45) is 0 Å². The van der Waals surface area contributed by atoms with Gasteiger partial charge in [0.05, 0.1) is 5.02 Å². The van der Waals surface area contributed by atoms with Crippen molar-refractivity contribution in [2.45, 2.75) is 6.54 Å². The Balaban J connectivity index is 2.06. The van der Waals surface area contributed by atoms with Crippen molar-refractivity contribution in [3.05, 3.63) is 21.3 Å². The summed E-state index contributed by atoms with van der Waals surface area (Å²) in [6, 6.07) is 1.87. The van der Waals surface area contributed by atoms with Crippen LogP contribution in [-0.2, 0) is 6.54 Å². The monoisotopic (exact) mass is 261 g/mol. The van der Waals surface area contributed by atoms with Crippen LogP contribution in [0.4, 0.5) is 4.79 Å². The number of amides is 2. The second kappa shape index (κ2) is 6.73. The van der Waals surface area contributed by atoms with E-state index in [0.717, 1.165) is 18.1 Å². The molecule has 4 nitrogen and oxygen atoms in total. The van der Waals surface area contributed by atoms with E-state index in [1.54, 1.807) is 25.4 Å². The van der Waals surface area contributed by atoms with Crippen molar-refractivity contribution in [1.29, 1.82) is 0 Å². The number of rotatable bonds is 5. The van der Waals surface area contributed by atoms with Crippen LogP contribution in [0.3, 0.4) is 0 Å². The van der Waals surface area contributed by atoms with Crippen LogP contribution in [0, 0.1) is 0 Å². The number of carbonyl (C=O) groups is 1.